The first-order chi connectivity index (χ1) is 8.88. The Morgan fingerprint density at radius 2 is 1.95 bits per heavy atom. The van der Waals surface area contributed by atoms with Crippen molar-refractivity contribution in [1.29, 1.82) is 0 Å². The second-order valence-electron chi connectivity index (χ2n) is 6.02. The van der Waals surface area contributed by atoms with Crippen LogP contribution in [0, 0.1) is 5.41 Å². The Hall–Kier alpha value is -0.380. The molecule has 0 saturated heterocycles. The second kappa shape index (κ2) is 5.55. The van der Waals surface area contributed by atoms with Crippen LogP contribution in [0.5, 0.6) is 0 Å². The minimum absolute atomic E-state index is 0.113. The molecule has 106 valence electrons. The lowest BCUT2D eigenvalue weighted by Crippen LogP contribution is -2.46. The molecular weight excluding hydrogens is 280 g/mol. The van der Waals surface area contributed by atoms with Gasteiger partial charge in [0.2, 0.25) is 5.78 Å². The molecule has 0 radical (unpaired) electrons. The van der Waals surface area contributed by atoms with Crippen molar-refractivity contribution in [3.8, 4) is 0 Å². The van der Waals surface area contributed by atoms with Gasteiger partial charge in [0.05, 0.1) is 9.21 Å². The predicted molar refractivity (Wildman–Crippen MR) is 80.3 cm³/mol. The Morgan fingerprint density at radius 3 is 2.42 bits per heavy atom. The topological polar surface area (TPSA) is 26.3 Å². The van der Waals surface area contributed by atoms with Crippen LogP contribution >= 0.6 is 22.9 Å². The van der Waals surface area contributed by atoms with Crippen LogP contribution in [0.4, 0.5) is 0 Å². The molecule has 1 saturated carbocycles. The fourth-order valence-electron chi connectivity index (χ4n) is 2.70. The predicted octanol–water partition coefficient (Wildman–Crippen LogP) is 4.96. The maximum absolute atomic E-state index is 12.8. The summed E-state index contributed by atoms with van der Waals surface area (Å²) in [6, 6.07) is 3.60. The molecule has 0 aromatic carbocycles. The first kappa shape index (κ1) is 15.0. The summed E-state index contributed by atoms with van der Waals surface area (Å²) in [7, 11) is 0. The zero-order chi connectivity index (χ0) is 14.1. The van der Waals surface area contributed by atoms with Crippen molar-refractivity contribution in [2.45, 2.75) is 52.1 Å². The third kappa shape index (κ3) is 3.21. The van der Waals surface area contributed by atoms with Crippen LogP contribution < -0.4 is 0 Å². The van der Waals surface area contributed by atoms with Crippen molar-refractivity contribution in [3.05, 3.63) is 21.3 Å². The smallest absolute Gasteiger partial charge is 0.204 e. The van der Waals surface area contributed by atoms with E-state index in [1.54, 1.807) is 6.07 Å². The van der Waals surface area contributed by atoms with Crippen LogP contribution in [0.25, 0.3) is 0 Å². The maximum Gasteiger partial charge on any atom is 0.204 e. The normalized spacial score (nSPS) is 21.3. The van der Waals surface area contributed by atoms with Gasteiger partial charge in [0.1, 0.15) is 5.60 Å². The molecule has 1 aliphatic carbocycles. The highest BCUT2D eigenvalue weighted by atomic mass is 35.5. The number of carbonyl (C=O) groups excluding carboxylic acids is 1. The van der Waals surface area contributed by atoms with E-state index >= 15 is 0 Å². The molecule has 19 heavy (non-hydrogen) atoms. The fraction of sp³-hybridized carbons (Fsp3) is 0.667. The van der Waals surface area contributed by atoms with E-state index in [0.29, 0.717) is 16.4 Å². The largest absolute Gasteiger partial charge is 0.367 e. The van der Waals surface area contributed by atoms with Crippen LogP contribution in [0.2, 0.25) is 4.34 Å². The van der Waals surface area contributed by atoms with Crippen LogP contribution in [0.15, 0.2) is 12.1 Å². The van der Waals surface area contributed by atoms with E-state index in [1.807, 2.05) is 13.0 Å². The molecule has 2 rings (SSSR count). The Balaban J connectivity index is 2.23. The minimum atomic E-state index is -0.627. The molecule has 1 aliphatic rings. The Morgan fingerprint density at radius 1 is 1.32 bits per heavy atom. The number of Topliss-reactive ketones (excluding diaryl/α,β-unsaturated/α-hetero) is 1. The van der Waals surface area contributed by atoms with Gasteiger partial charge in [-0.25, -0.2) is 0 Å². The van der Waals surface area contributed by atoms with Gasteiger partial charge in [0, 0.05) is 6.61 Å². The summed E-state index contributed by atoms with van der Waals surface area (Å²) < 4.78 is 6.56. The highest BCUT2D eigenvalue weighted by Crippen LogP contribution is 2.44. The van der Waals surface area contributed by atoms with Gasteiger partial charge in [-0.2, -0.15) is 0 Å². The summed E-state index contributed by atoms with van der Waals surface area (Å²) in [6.45, 7) is 7.05. The van der Waals surface area contributed by atoms with E-state index in [2.05, 4.69) is 13.8 Å². The van der Waals surface area contributed by atoms with E-state index in [4.69, 9.17) is 16.3 Å². The molecule has 1 heterocycles. The molecule has 1 aromatic rings. The minimum Gasteiger partial charge on any atom is -0.367 e. The molecule has 0 spiro atoms. The summed E-state index contributed by atoms with van der Waals surface area (Å²) >= 11 is 7.29. The Labute approximate surface area is 124 Å². The lowest BCUT2D eigenvalue weighted by molar-refractivity contribution is -0.0578. The number of ketones is 1. The molecule has 1 fully saturated rings. The molecule has 0 unspecified atom stereocenters. The third-order valence-corrected chi connectivity index (χ3v) is 5.27. The molecule has 0 atom stereocenters. The SMILES string of the molecule is CCOC1(C(=O)c2ccc(Cl)s2)CCC(C)(C)CC1. The number of halogens is 1. The Bertz CT molecular complexity index is 454. The molecule has 1 aromatic heterocycles. The summed E-state index contributed by atoms with van der Waals surface area (Å²) in [5.74, 6) is 0.113. The highest BCUT2D eigenvalue weighted by Gasteiger charge is 2.45. The summed E-state index contributed by atoms with van der Waals surface area (Å²) in [6.07, 6.45) is 3.67. The average molecular weight is 301 g/mol. The van der Waals surface area contributed by atoms with Crippen molar-refractivity contribution in [1.82, 2.24) is 0 Å². The van der Waals surface area contributed by atoms with Crippen molar-refractivity contribution in [2.75, 3.05) is 6.61 Å². The van der Waals surface area contributed by atoms with Gasteiger partial charge >= 0.3 is 0 Å². The lowest BCUT2D eigenvalue weighted by Gasteiger charge is -2.42. The molecular formula is C15H21ClO2S. The zero-order valence-corrected chi connectivity index (χ0v) is 13.4. The van der Waals surface area contributed by atoms with Gasteiger partial charge in [-0.15, -0.1) is 11.3 Å². The van der Waals surface area contributed by atoms with Gasteiger partial charge in [-0.3, -0.25) is 4.79 Å². The first-order valence-corrected chi connectivity index (χ1v) is 8.02. The van der Waals surface area contributed by atoms with Crippen LogP contribution in [-0.4, -0.2) is 18.0 Å². The van der Waals surface area contributed by atoms with Gasteiger partial charge < -0.3 is 4.74 Å². The average Bonchev–Trinajstić information content (AvgIpc) is 2.78. The van der Waals surface area contributed by atoms with Gasteiger partial charge in [0.15, 0.2) is 0 Å². The molecule has 0 N–H and O–H groups in total. The number of hydrogen-bond donors (Lipinski definition) is 0. The van der Waals surface area contributed by atoms with E-state index in [9.17, 15) is 4.79 Å². The zero-order valence-electron chi connectivity index (χ0n) is 11.8. The van der Waals surface area contributed by atoms with E-state index in [0.717, 1.165) is 30.6 Å². The molecule has 0 aliphatic heterocycles. The van der Waals surface area contributed by atoms with Crippen molar-refractivity contribution < 1.29 is 9.53 Å². The quantitative estimate of drug-likeness (QED) is 0.735. The van der Waals surface area contributed by atoms with E-state index in [-0.39, 0.29) is 5.78 Å². The van der Waals surface area contributed by atoms with Crippen LogP contribution in [0.1, 0.15) is 56.1 Å². The maximum atomic E-state index is 12.8. The molecule has 0 bridgehead atoms. The third-order valence-electron chi connectivity index (χ3n) is 4.04. The standard InChI is InChI=1S/C15H21ClO2S/c1-4-18-15(9-7-14(2,3)8-10-15)13(17)11-5-6-12(16)19-11/h5-6H,4,7-10H2,1-3H3. The van der Waals surface area contributed by atoms with E-state index < -0.39 is 5.60 Å². The molecule has 0 amide bonds. The summed E-state index contributed by atoms with van der Waals surface area (Å²) in [4.78, 5) is 13.5. The van der Waals surface area contributed by atoms with Gasteiger partial charge in [-0.05, 0) is 50.2 Å². The van der Waals surface area contributed by atoms with Crippen LogP contribution in [-0.2, 0) is 4.74 Å². The van der Waals surface area contributed by atoms with Crippen LogP contribution in [0.3, 0.4) is 0 Å². The van der Waals surface area contributed by atoms with Crippen molar-refractivity contribution >= 4 is 28.7 Å². The first-order valence-electron chi connectivity index (χ1n) is 6.83. The van der Waals surface area contributed by atoms with Gasteiger partial charge in [0.25, 0.3) is 0 Å². The van der Waals surface area contributed by atoms with E-state index in [1.165, 1.54) is 11.3 Å². The second-order valence-corrected chi connectivity index (χ2v) is 7.74. The highest BCUT2D eigenvalue weighted by molar-refractivity contribution is 7.18. The molecule has 2 nitrogen and oxygen atoms in total. The van der Waals surface area contributed by atoms with Crippen molar-refractivity contribution in [3.63, 3.8) is 0 Å². The number of thiophene rings is 1. The molecule has 4 heteroatoms. The number of hydrogen-bond acceptors (Lipinski definition) is 3. The Kier molecular flexibility index (Phi) is 4.38. The lowest BCUT2D eigenvalue weighted by atomic mass is 9.69. The number of carbonyl (C=O) groups is 1. The summed E-state index contributed by atoms with van der Waals surface area (Å²) in [5.41, 5.74) is -0.313. The monoisotopic (exact) mass is 300 g/mol. The van der Waals surface area contributed by atoms with Crippen molar-refractivity contribution in [2.24, 2.45) is 5.41 Å². The fourth-order valence-corrected chi connectivity index (χ4v) is 3.78. The number of rotatable bonds is 4. The van der Waals surface area contributed by atoms with Gasteiger partial charge in [-0.1, -0.05) is 25.4 Å². The number of ether oxygens (including phenoxy) is 1. The summed E-state index contributed by atoms with van der Waals surface area (Å²) in [5, 5.41) is 0.